The number of carbonyl (C=O) groups is 3. The van der Waals surface area contributed by atoms with Gasteiger partial charge in [0.1, 0.15) is 13.2 Å². The Bertz CT molecular complexity index is 1400. The standard InChI is InChI=1S/C70H124O6/c1-4-7-10-13-16-19-22-24-26-28-30-32-33-34-35-36-37-39-40-42-44-46-48-51-54-57-60-63-69(72)75-66-67(65-74-68(71)62-59-56-53-50-21-18-15-12-9-6-3)76-70(73)64-61-58-55-52-49-47-45-43-41-38-31-29-27-25-23-20-17-14-11-8-5-2/h7,10,16,19,23-26,29-32,67H,4-6,8-9,11-15,17-18,20-22,27-28,33-66H2,1-3H3/b10-7-,19-16-,25-23-,26-24-,31-29-,32-30-. The van der Waals surface area contributed by atoms with Crippen LogP contribution in [0.2, 0.25) is 0 Å². The summed E-state index contributed by atoms with van der Waals surface area (Å²) in [6.07, 6.45) is 83.5. The van der Waals surface area contributed by atoms with Crippen molar-refractivity contribution in [1.29, 1.82) is 0 Å². The van der Waals surface area contributed by atoms with Crippen LogP contribution in [-0.2, 0) is 28.6 Å². The maximum absolute atomic E-state index is 12.9. The van der Waals surface area contributed by atoms with Crippen molar-refractivity contribution < 1.29 is 28.6 Å². The summed E-state index contributed by atoms with van der Waals surface area (Å²) >= 11 is 0. The number of hydrogen-bond acceptors (Lipinski definition) is 6. The molecule has 76 heavy (non-hydrogen) atoms. The number of rotatable bonds is 60. The van der Waals surface area contributed by atoms with Gasteiger partial charge < -0.3 is 14.2 Å². The fraction of sp³-hybridized carbons (Fsp3) is 0.786. The molecule has 1 atom stereocenters. The first-order valence-electron chi connectivity index (χ1n) is 32.9. The maximum Gasteiger partial charge on any atom is 0.306 e. The van der Waals surface area contributed by atoms with Gasteiger partial charge in [-0.05, 0) is 89.9 Å². The number of allylic oxidation sites excluding steroid dienone is 12. The van der Waals surface area contributed by atoms with Crippen LogP contribution in [-0.4, -0.2) is 37.2 Å². The zero-order chi connectivity index (χ0) is 55.0. The van der Waals surface area contributed by atoms with Crippen molar-refractivity contribution in [2.45, 2.75) is 341 Å². The number of unbranched alkanes of at least 4 members (excludes halogenated alkanes) is 37. The van der Waals surface area contributed by atoms with Crippen LogP contribution in [0.3, 0.4) is 0 Å². The fourth-order valence-electron chi connectivity index (χ4n) is 9.53. The van der Waals surface area contributed by atoms with Gasteiger partial charge in [-0.1, -0.05) is 299 Å². The second kappa shape index (κ2) is 64.4. The molecule has 0 aliphatic heterocycles. The van der Waals surface area contributed by atoms with E-state index in [1.165, 1.54) is 205 Å². The molecule has 0 saturated carbocycles. The highest BCUT2D eigenvalue weighted by Gasteiger charge is 2.19. The summed E-state index contributed by atoms with van der Waals surface area (Å²) in [7, 11) is 0. The third kappa shape index (κ3) is 61.7. The second-order valence-corrected chi connectivity index (χ2v) is 22.0. The van der Waals surface area contributed by atoms with E-state index in [1.54, 1.807) is 0 Å². The van der Waals surface area contributed by atoms with Crippen molar-refractivity contribution in [3.05, 3.63) is 72.9 Å². The molecule has 0 saturated heterocycles. The van der Waals surface area contributed by atoms with E-state index in [1.807, 2.05) is 0 Å². The Kier molecular flexibility index (Phi) is 61.7. The lowest BCUT2D eigenvalue weighted by atomic mass is 10.0. The molecular weight excluding hydrogens is 937 g/mol. The van der Waals surface area contributed by atoms with Crippen molar-refractivity contribution in [2.75, 3.05) is 13.2 Å². The van der Waals surface area contributed by atoms with Gasteiger partial charge in [-0.2, -0.15) is 0 Å². The molecule has 440 valence electrons. The highest BCUT2D eigenvalue weighted by atomic mass is 16.6. The van der Waals surface area contributed by atoms with Gasteiger partial charge in [0.05, 0.1) is 0 Å². The minimum Gasteiger partial charge on any atom is -0.462 e. The van der Waals surface area contributed by atoms with Gasteiger partial charge in [0.15, 0.2) is 6.10 Å². The molecule has 0 aliphatic rings. The van der Waals surface area contributed by atoms with Gasteiger partial charge >= 0.3 is 17.9 Å². The van der Waals surface area contributed by atoms with E-state index >= 15 is 0 Å². The molecule has 0 aliphatic carbocycles. The van der Waals surface area contributed by atoms with Crippen LogP contribution >= 0.6 is 0 Å². The fourth-order valence-corrected chi connectivity index (χ4v) is 9.53. The maximum atomic E-state index is 12.9. The van der Waals surface area contributed by atoms with Gasteiger partial charge in [0, 0.05) is 19.3 Å². The van der Waals surface area contributed by atoms with Crippen molar-refractivity contribution in [3.8, 4) is 0 Å². The molecule has 1 unspecified atom stereocenters. The summed E-state index contributed by atoms with van der Waals surface area (Å²) in [6, 6.07) is 0. The van der Waals surface area contributed by atoms with Crippen LogP contribution in [0.1, 0.15) is 335 Å². The van der Waals surface area contributed by atoms with E-state index in [2.05, 4.69) is 93.7 Å². The van der Waals surface area contributed by atoms with Crippen LogP contribution in [0.15, 0.2) is 72.9 Å². The van der Waals surface area contributed by atoms with Gasteiger partial charge in [0.2, 0.25) is 0 Å². The number of ether oxygens (including phenoxy) is 3. The summed E-state index contributed by atoms with van der Waals surface area (Å²) in [5.41, 5.74) is 0. The van der Waals surface area contributed by atoms with Gasteiger partial charge in [0.25, 0.3) is 0 Å². The largest absolute Gasteiger partial charge is 0.462 e. The molecular formula is C70H124O6. The summed E-state index contributed by atoms with van der Waals surface area (Å²) in [5, 5.41) is 0. The Morgan fingerprint density at radius 1 is 0.276 bits per heavy atom. The number of hydrogen-bond donors (Lipinski definition) is 0. The second-order valence-electron chi connectivity index (χ2n) is 22.0. The summed E-state index contributed by atoms with van der Waals surface area (Å²) < 4.78 is 16.9. The Balaban J connectivity index is 4.20. The predicted molar refractivity (Wildman–Crippen MR) is 330 cm³/mol. The normalized spacial score (nSPS) is 12.5. The van der Waals surface area contributed by atoms with Crippen LogP contribution in [0.5, 0.6) is 0 Å². The molecule has 0 aromatic rings. The Labute approximate surface area is 472 Å². The van der Waals surface area contributed by atoms with E-state index < -0.39 is 6.10 Å². The van der Waals surface area contributed by atoms with Crippen LogP contribution in [0, 0.1) is 0 Å². The van der Waals surface area contributed by atoms with Gasteiger partial charge in [-0.3, -0.25) is 14.4 Å². The molecule has 0 rings (SSSR count). The topological polar surface area (TPSA) is 78.9 Å². The first kappa shape index (κ1) is 72.8. The average Bonchev–Trinajstić information content (AvgIpc) is 3.42. The SMILES string of the molecule is CC/C=C\C/C=C\C/C=C\C/C=C\CCCCCCCCCCCCCCCCC(=O)OCC(COC(=O)CCCCCCCCCCCC)OC(=O)CCCCCCCCCCC/C=C\C/C=C\CCCCCCC. The first-order valence-corrected chi connectivity index (χ1v) is 32.9. The molecule has 0 N–H and O–H groups in total. The smallest absolute Gasteiger partial charge is 0.306 e. The molecule has 6 heteroatoms. The van der Waals surface area contributed by atoms with Crippen molar-refractivity contribution in [3.63, 3.8) is 0 Å². The molecule has 0 heterocycles. The zero-order valence-electron chi connectivity index (χ0n) is 50.5. The Hall–Kier alpha value is -3.15. The van der Waals surface area contributed by atoms with Crippen LogP contribution < -0.4 is 0 Å². The summed E-state index contributed by atoms with van der Waals surface area (Å²) in [6.45, 7) is 6.54. The molecule has 0 aromatic carbocycles. The summed E-state index contributed by atoms with van der Waals surface area (Å²) in [5.74, 6) is -0.863. The highest BCUT2D eigenvalue weighted by molar-refractivity contribution is 5.71. The lowest BCUT2D eigenvalue weighted by Crippen LogP contribution is -2.30. The minimum absolute atomic E-state index is 0.0731. The number of carbonyl (C=O) groups excluding carboxylic acids is 3. The van der Waals surface area contributed by atoms with E-state index in [4.69, 9.17) is 14.2 Å². The monoisotopic (exact) mass is 1060 g/mol. The Morgan fingerprint density at radius 2 is 0.513 bits per heavy atom. The van der Waals surface area contributed by atoms with E-state index in [9.17, 15) is 14.4 Å². The molecule has 6 nitrogen and oxygen atoms in total. The van der Waals surface area contributed by atoms with E-state index in [0.29, 0.717) is 19.3 Å². The van der Waals surface area contributed by atoms with Crippen molar-refractivity contribution in [2.24, 2.45) is 0 Å². The van der Waals surface area contributed by atoms with Crippen LogP contribution in [0.25, 0.3) is 0 Å². The minimum atomic E-state index is -0.776. The van der Waals surface area contributed by atoms with E-state index in [0.717, 1.165) is 89.9 Å². The number of esters is 3. The lowest BCUT2D eigenvalue weighted by Gasteiger charge is -2.18. The zero-order valence-corrected chi connectivity index (χ0v) is 50.5. The quantitative estimate of drug-likeness (QED) is 0.0261. The van der Waals surface area contributed by atoms with Crippen molar-refractivity contribution >= 4 is 17.9 Å². The molecule has 0 bridgehead atoms. The molecule has 0 radical (unpaired) electrons. The van der Waals surface area contributed by atoms with Crippen molar-refractivity contribution in [1.82, 2.24) is 0 Å². The van der Waals surface area contributed by atoms with Gasteiger partial charge in [-0.15, -0.1) is 0 Å². The molecule has 0 fully saturated rings. The third-order valence-electron chi connectivity index (χ3n) is 14.4. The molecule has 0 amide bonds. The molecule has 0 spiro atoms. The lowest BCUT2D eigenvalue weighted by molar-refractivity contribution is -0.167. The molecule has 0 aromatic heterocycles. The summed E-state index contributed by atoms with van der Waals surface area (Å²) in [4.78, 5) is 38.3. The first-order chi connectivity index (χ1) is 37.5. The van der Waals surface area contributed by atoms with E-state index in [-0.39, 0.29) is 31.1 Å². The van der Waals surface area contributed by atoms with Gasteiger partial charge in [-0.25, -0.2) is 0 Å². The third-order valence-corrected chi connectivity index (χ3v) is 14.4. The Morgan fingerprint density at radius 3 is 0.803 bits per heavy atom. The predicted octanol–water partition coefficient (Wildman–Crippen LogP) is 22.5. The average molecular weight is 1060 g/mol. The highest BCUT2D eigenvalue weighted by Crippen LogP contribution is 2.17. The van der Waals surface area contributed by atoms with Crippen LogP contribution in [0.4, 0.5) is 0 Å².